The first kappa shape index (κ1) is 23.6. The van der Waals surface area contributed by atoms with Crippen LogP contribution < -0.4 is 10.6 Å². The number of fused-ring (bicyclic) bond motifs is 1. The van der Waals surface area contributed by atoms with Gasteiger partial charge in [-0.2, -0.15) is 10.4 Å². The van der Waals surface area contributed by atoms with Crippen molar-refractivity contribution in [1.29, 1.82) is 5.26 Å². The third-order valence-electron chi connectivity index (χ3n) is 5.92. The summed E-state index contributed by atoms with van der Waals surface area (Å²) >= 11 is 0. The Bertz CT molecular complexity index is 1260. The average Bonchev–Trinajstić information content (AvgIpc) is 3.42. The van der Waals surface area contributed by atoms with E-state index in [0.717, 1.165) is 18.4 Å². The number of carbonyl (C=O) groups is 1. The SMILES string of the molecule is COCC1(Nc2cc(-c3ccc4cc(C#N)cnn34)ncc2C(=O)NCC(F)C(C)(C)O)CC1. The predicted molar refractivity (Wildman–Crippen MR) is 124 cm³/mol. The van der Waals surface area contributed by atoms with Crippen LogP contribution in [0.4, 0.5) is 10.1 Å². The molecule has 3 aromatic heterocycles. The van der Waals surface area contributed by atoms with E-state index in [1.165, 1.54) is 26.2 Å². The highest BCUT2D eigenvalue weighted by Crippen LogP contribution is 2.40. The standard InChI is InChI=1S/C24H27FN6O3/c1-23(2,33)21(25)13-28-22(32)17-12-27-19(9-18(17)30-24(6-7-24)14-34-3)20-5-4-16-8-15(10-26)11-29-31(16)20/h4-5,8-9,11-12,21,33H,6-7,13-14H2,1-3H3,(H,27,30)(H,28,32). The van der Waals surface area contributed by atoms with Gasteiger partial charge >= 0.3 is 0 Å². The number of aliphatic hydroxyl groups is 1. The fraction of sp³-hybridized carbons (Fsp3) is 0.417. The molecule has 34 heavy (non-hydrogen) atoms. The van der Waals surface area contributed by atoms with Crippen molar-refractivity contribution in [3.8, 4) is 17.5 Å². The van der Waals surface area contributed by atoms with Crippen molar-refractivity contribution < 1.29 is 19.0 Å². The number of aromatic nitrogens is 3. The summed E-state index contributed by atoms with van der Waals surface area (Å²) < 4.78 is 21.2. The molecule has 0 aliphatic heterocycles. The first-order chi connectivity index (χ1) is 16.2. The molecule has 3 N–H and O–H groups in total. The van der Waals surface area contributed by atoms with E-state index in [9.17, 15) is 14.3 Å². The molecule has 1 fully saturated rings. The maximum absolute atomic E-state index is 14.2. The number of methoxy groups -OCH3 is 1. The second-order valence-corrected chi connectivity index (χ2v) is 9.20. The van der Waals surface area contributed by atoms with E-state index in [4.69, 9.17) is 10.00 Å². The zero-order chi connectivity index (χ0) is 24.5. The number of amides is 1. The highest BCUT2D eigenvalue weighted by molar-refractivity contribution is 6.00. The summed E-state index contributed by atoms with van der Waals surface area (Å²) in [6, 6.07) is 9.24. The molecule has 0 saturated heterocycles. The summed E-state index contributed by atoms with van der Waals surface area (Å²) in [6.45, 7) is 2.85. The van der Waals surface area contributed by atoms with E-state index in [2.05, 4.69) is 26.8 Å². The van der Waals surface area contributed by atoms with Gasteiger partial charge in [-0.05, 0) is 51.0 Å². The normalized spacial score (nSPS) is 15.5. The van der Waals surface area contributed by atoms with Crippen LogP contribution in [0.3, 0.4) is 0 Å². The minimum Gasteiger partial charge on any atom is -0.387 e. The van der Waals surface area contributed by atoms with Crippen LogP contribution in [0.5, 0.6) is 0 Å². The average molecular weight is 467 g/mol. The fourth-order valence-corrected chi connectivity index (χ4v) is 3.68. The van der Waals surface area contributed by atoms with Crippen LogP contribution in [0.1, 0.15) is 42.6 Å². The van der Waals surface area contributed by atoms with Crippen molar-refractivity contribution >= 4 is 17.1 Å². The number of carbonyl (C=O) groups excluding carboxylic acids is 1. The summed E-state index contributed by atoms with van der Waals surface area (Å²) in [6.07, 6.45) is 3.07. The Balaban J connectivity index is 1.68. The Morgan fingerprint density at radius 2 is 2.15 bits per heavy atom. The Morgan fingerprint density at radius 3 is 2.79 bits per heavy atom. The number of hydrogen-bond donors (Lipinski definition) is 3. The molecule has 1 unspecified atom stereocenters. The molecule has 0 radical (unpaired) electrons. The van der Waals surface area contributed by atoms with Crippen molar-refractivity contribution in [2.24, 2.45) is 0 Å². The molecule has 0 spiro atoms. The Hall–Kier alpha value is -3.55. The smallest absolute Gasteiger partial charge is 0.255 e. The molecule has 4 rings (SSSR count). The number of hydrogen-bond acceptors (Lipinski definition) is 7. The van der Waals surface area contributed by atoms with Crippen LogP contribution in [0.25, 0.3) is 16.9 Å². The molecule has 178 valence electrons. The van der Waals surface area contributed by atoms with Crippen molar-refractivity contribution in [3.63, 3.8) is 0 Å². The molecule has 1 amide bonds. The molecule has 1 aliphatic carbocycles. The van der Waals surface area contributed by atoms with E-state index in [1.54, 1.807) is 23.8 Å². The first-order valence-electron chi connectivity index (χ1n) is 11.0. The van der Waals surface area contributed by atoms with Crippen LogP contribution in [-0.2, 0) is 4.74 Å². The maximum Gasteiger partial charge on any atom is 0.255 e. The van der Waals surface area contributed by atoms with Crippen molar-refractivity contribution in [3.05, 3.63) is 47.8 Å². The molecule has 0 bridgehead atoms. The number of pyridine rings is 1. The zero-order valence-corrected chi connectivity index (χ0v) is 19.3. The van der Waals surface area contributed by atoms with Gasteiger partial charge in [-0.15, -0.1) is 0 Å². The number of nitriles is 1. The summed E-state index contributed by atoms with van der Waals surface area (Å²) in [5.74, 6) is -0.501. The molecule has 9 nitrogen and oxygen atoms in total. The van der Waals surface area contributed by atoms with Gasteiger partial charge in [0.15, 0.2) is 0 Å². The Morgan fingerprint density at radius 1 is 1.38 bits per heavy atom. The van der Waals surface area contributed by atoms with Crippen LogP contribution in [-0.4, -0.2) is 63.2 Å². The number of nitrogens with zero attached hydrogens (tertiary/aromatic N) is 4. The van der Waals surface area contributed by atoms with Crippen LogP contribution >= 0.6 is 0 Å². The quantitative estimate of drug-likeness (QED) is 0.443. The number of alkyl halides is 1. The second kappa shape index (κ2) is 9.00. The molecule has 10 heteroatoms. The zero-order valence-electron chi connectivity index (χ0n) is 19.3. The largest absolute Gasteiger partial charge is 0.387 e. The number of halogens is 1. The van der Waals surface area contributed by atoms with Crippen molar-refractivity contribution in [2.75, 3.05) is 25.6 Å². The van der Waals surface area contributed by atoms with Crippen LogP contribution in [0.15, 0.2) is 36.7 Å². The lowest BCUT2D eigenvalue weighted by Crippen LogP contribution is -2.42. The van der Waals surface area contributed by atoms with Gasteiger partial charge in [0.25, 0.3) is 5.91 Å². The molecule has 1 atom stereocenters. The van der Waals surface area contributed by atoms with Gasteiger partial charge in [0.1, 0.15) is 12.2 Å². The molecule has 0 aromatic carbocycles. The molecule has 1 saturated carbocycles. The fourth-order valence-electron chi connectivity index (χ4n) is 3.68. The Kier molecular flexibility index (Phi) is 6.25. The van der Waals surface area contributed by atoms with Crippen molar-refractivity contribution in [1.82, 2.24) is 19.9 Å². The van der Waals surface area contributed by atoms with E-state index < -0.39 is 17.7 Å². The lowest BCUT2D eigenvalue weighted by atomic mass is 10.0. The van der Waals surface area contributed by atoms with Gasteiger partial charge in [-0.1, -0.05) is 0 Å². The van der Waals surface area contributed by atoms with Crippen molar-refractivity contribution in [2.45, 2.75) is 44.0 Å². The van der Waals surface area contributed by atoms with E-state index in [1.807, 2.05) is 12.1 Å². The van der Waals surface area contributed by atoms with E-state index in [0.29, 0.717) is 29.2 Å². The highest BCUT2D eigenvalue weighted by atomic mass is 19.1. The number of nitrogens with one attached hydrogen (secondary N) is 2. The lowest BCUT2D eigenvalue weighted by molar-refractivity contribution is -0.00177. The maximum atomic E-state index is 14.2. The third kappa shape index (κ3) is 4.85. The van der Waals surface area contributed by atoms with E-state index in [-0.39, 0.29) is 17.6 Å². The number of ether oxygens (including phenoxy) is 1. The molecular formula is C24H27FN6O3. The minimum absolute atomic E-state index is 0.259. The lowest BCUT2D eigenvalue weighted by Gasteiger charge is -2.23. The van der Waals surface area contributed by atoms with Gasteiger partial charge in [0.05, 0.1) is 64.2 Å². The highest BCUT2D eigenvalue weighted by Gasteiger charge is 2.43. The predicted octanol–water partition coefficient (Wildman–Crippen LogP) is 2.70. The molecule has 3 heterocycles. The number of anilines is 1. The number of rotatable bonds is 9. The molecular weight excluding hydrogens is 439 g/mol. The molecule has 3 aromatic rings. The van der Waals surface area contributed by atoms with Gasteiger partial charge in [0, 0.05) is 13.3 Å². The topological polar surface area (TPSA) is 125 Å². The van der Waals surface area contributed by atoms with Gasteiger partial charge in [0.2, 0.25) is 0 Å². The summed E-state index contributed by atoms with van der Waals surface area (Å²) in [4.78, 5) is 17.4. The van der Waals surface area contributed by atoms with E-state index >= 15 is 0 Å². The monoisotopic (exact) mass is 466 g/mol. The minimum atomic E-state index is -1.63. The van der Waals surface area contributed by atoms with Crippen LogP contribution in [0.2, 0.25) is 0 Å². The van der Waals surface area contributed by atoms with Crippen LogP contribution in [0, 0.1) is 11.3 Å². The molecule has 1 aliphatic rings. The summed E-state index contributed by atoms with van der Waals surface area (Å²) in [7, 11) is 1.62. The second-order valence-electron chi connectivity index (χ2n) is 9.20. The Labute approximate surface area is 196 Å². The summed E-state index contributed by atoms with van der Waals surface area (Å²) in [5, 5.41) is 29.2. The van der Waals surface area contributed by atoms with Gasteiger partial charge < -0.3 is 20.5 Å². The van der Waals surface area contributed by atoms with Gasteiger partial charge in [-0.3, -0.25) is 9.78 Å². The third-order valence-corrected chi connectivity index (χ3v) is 5.92. The first-order valence-corrected chi connectivity index (χ1v) is 11.0. The summed E-state index contributed by atoms with van der Waals surface area (Å²) in [5.41, 5.74) is 1.41. The van der Waals surface area contributed by atoms with Gasteiger partial charge in [-0.25, -0.2) is 8.91 Å².